The first-order chi connectivity index (χ1) is 16.8. The number of nitrogens with one attached hydrogen (secondary N) is 1. The van der Waals surface area contributed by atoms with Gasteiger partial charge in [0.25, 0.3) is 0 Å². The third kappa shape index (κ3) is 4.32. The van der Waals surface area contributed by atoms with Gasteiger partial charge in [-0.2, -0.15) is 10.4 Å². The molecule has 0 spiro atoms. The molecule has 178 valence electrons. The van der Waals surface area contributed by atoms with E-state index < -0.39 is 0 Å². The second-order valence-electron chi connectivity index (χ2n) is 9.15. The molecule has 0 radical (unpaired) electrons. The Labute approximate surface area is 214 Å². The van der Waals surface area contributed by atoms with E-state index in [1.54, 1.807) is 24.0 Å². The van der Waals surface area contributed by atoms with Crippen LogP contribution in [0.3, 0.4) is 0 Å². The summed E-state index contributed by atoms with van der Waals surface area (Å²) in [6, 6.07) is 7.83. The third-order valence-electron chi connectivity index (χ3n) is 6.64. The van der Waals surface area contributed by atoms with Gasteiger partial charge < -0.3 is 5.32 Å². The first-order valence-electron chi connectivity index (χ1n) is 11.3. The van der Waals surface area contributed by atoms with Crippen LogP contribution in [0.1, 0.15) is 42.6 Å². The summed E-state index contributed by atoms with van der Waals surface area (Å²) in [5.41, 5.74) is 2.28. The van der Waals surface area contributed by atoms with Gasteiger partial charge in [0.05, 0.1) is 22.7 Å². The van der Waals surface area contributed by atoms with Crippen molar-refractivity contribution in [3.05, 3.63) is 45.4 Å². The van der Waals surface area contributed by atoms with Crippen molar-refractivity contribution in [2.24, 2.45) is 11.3 Å². The summed E-state index contributed by atoms with van der Waals surface area (Å²) in [5, 5.41) is 27.8. The topological polar surface area (TPSA) is 122 Å². The second-order valence-corrected chi connectivity index (χ2v) is 11.1. The molecule has 1 aromatic carbocycles. The summed E-state index contributed by atoms with van der Waals surface area (Å²) in [6.07, 6.45) is 5.12. The van der Waals surface area contributed by atoms with Gasteiger partial charge in [0.1, 0.15) is 20.4 Å². The van der Waals surface area contributed by atoms with Crippen LogP contribution in [0.2, 0.25) is 0 Å². The molecule has 0 unspecified atom stereocenters. The molecular weight excluding hydrogens is 528 g/mol. The second kappa shape index (κ2) is 9.09. The molecule has 9 nitrogen and oxygen atoms in total. The van der Waals surface area contributed by atoms with Crippen LogP contribution in [0, 0.1) is 29.6 Å². The standard InChI is InChI=1S/C24H23BrN8OS/c1-13-30-31-22(35-13)17-5-4-16(9-15(17)11-26)33-21-18(20(25)32-33)12-28-19(29-21)8-14-6-7-24(2,10-14)23(34)27-3/h4-5,9,12,14H,6-8,10H2,1-3H3,(H,27,34)/t14-,24+/m0/s1. The Bertz CT molecular complexity index is 1490. The lowest BCUT2D eigenvalue weighted by molar-refractivity contribution is -0.129. The maximum absolute atomic E-state index is 12.3. The molecule has 35 heavy (non-hydrogen) atoms. The zero-order chi connectivity index (χ0) is 24.7. The minimum atomic E-state index is -0.338. The van der Waals surface area contributed by atoms with Crippen LogP contribution in [-0.2, 0) is 11.2 Å². The number of amides is 1. The van der Waals surface area contributed by atoms with Gasteiger partial charge in [0, 0.05) is 30.6 Å². The SMILES string of the molecule is CNC(=O)[C@]1(C)CC[C@@H](Cc2ncc3c(Br)nn(-c4ccc(-c5nnc(C)s5)c(C#N)c4)c3n2)C1. The van der Waals surface area contributed by atoms with Crippen LogP contribution in [0.4, 0.5) is 0 Å². The van der Waals surface area contributed by atoms with Gasteiger partial charge in [-0.05, 0) is 66.2 Å². The predicted molar refractivity (Wildman–Crippen MR) is 136 cm³/mol. The zero-order valence-electron chi connectivity index (χ0n) is 19.5. The fourth-order valence-corrected chi connectivity index (χ4v) is 6.00. The van der Waals surface area contributed by atoms with Crippen LogP contribution in [-0.4, -0.2) is 42.9 Å². The Morgan fingerprint density at radius 3 is 2.94 bits per heavy atom. The number of hydrogen-bond donors (Lipinski definition) is 1. The summed E-state index contributed by atoms with van der Waals surface area (Å²) in [4.78, 5) is 21.7. The molecule has 5 rings (SSSR count). The highest BCUT2D eigenvalue weighted by Gasteiger charge is 2.40. The van der Waals surface area contributed by atoms with Crippen molar-refractivity contribution < 1.29 is 4.79 Å². The number of fused-ring (bicyclic) bond motifs is 1. The van der Waals surface area contributed by atoms with Crippen molar-refractivity contribution in [1.29, 1.82) is 5.26 Å². The van der Waals surface area contributed by atoms with Crippen molar-refractivity contribution in [1.82, 2.24) is 35.3 Å². The van der Waals surface area contributed by atoms with Crippen molar-refractivity contribution in [2.45, 2.75) is 39.5 Å². The third-order valence-corrected chi connectivity index (χ3v) is 8.10. The van der Waals surface area contributed by atoms with E-state index in [0.717, 1.165) is 46.7 Å². The number of aryl methyl sites for hydroxylation is 1. The summed E-state index contributed by atoms with van der Waals surface area (Å²) in [7, 11) is 1.69. The normalized spacial score (nSPS) is 19.7. The van der Waals surface area contributed by atoms with Gasteiger partial charge in [-0.25, -0.2) is 14.6 Å². The number of carbonyl (C=O) groups is 1. The van der Waals surface area contributed by atoms with Crippen LogP contribution in [0.15, 0.2) is 29.0 Å². The van der Waals surface area contributed by atoms with Crippen LogP contribution in [0.25, 0.3) is 27.3 Å². The van der Waals surface area contributed by atoms with Gasteiger partial charge in [-0.15, -0.1) is 10.2 Å². The van der Waals surface area contributed by atoms with E-state index in [2.05, 4.69) is 47.6 Å². The molecule has 0 bridgehead atoms. The Kier molecular flexibility index (Phi) is 6.11. The molecular formula is C24H23BrN8OS. The molecule has 1 aliphatic rings. The molecule has 3 heterocycles. The molecule has 0 aliphatic heterocycles. The van der Waals surface area contributed by atoms with Gasteiger partial charge in [-0.3, -0.25) is 4.79 Å². The average Bonchev–Trinajstić information content (AvgIpc) is 3.55. The van der Waals surface area contributed by atoms with Crippen molar-refractivity contribution in [3.8, 4) is 22.3 Å². The number of nitriles is 1. The van der Waals surface area contributed by atoms with Crippen LogP contribution in [0.5, 0.6) is 0 Å². The van der Waals surface area contributed by atoms with E-state index in [0.29, 0.717) is 33.2 Å². The lowest BCUT2D eigenvalue weighted by Gasteiger charge is -2.21. The van der Waals surface area contributed by atoms with Gasteiger partial charge in [0.2, 0.25) is 5.91 Å². The van der Waals surface area contributed by atoms with Gasteiger partial charge >= 0.3 is 0 Å². The van der Waals surface area contributed by atoms with E-state index >= 15 is 0 Å². The maximum Gasteiger partial charge on any atom is 0.225 e. The molecule has 11 heteroatoms. The molecule has 3 aromatic heterocycles. The molecule has 2 atom stereocenters. The lowest BCUT2D eigenvalue weighted by atomic mass is 9.86. The Morgan fingerprint density at radius 2 is 2.23 bits per heavy atom. The fourth-order valence-electron chi connectivity index (χ4n) is 4.84. The number of carbonyl (C=O) groups excluding carboxylic acids is 1. The quantitative estimate of drug-likeness (QED) is 0.391. The molecule has 1 saturated carbocycles. The predicted octanol–water partition coefficient (Wildman–Crippen LogP) is 4.37. The minimum absolute atomic E-state index is 0.0961. The average molecular weight is 551 g/mol. The van der Waals surface area contributed by atoms with Crippen molar-refractivity contribution in [3.63, 3.8) is 0 Å². The van der Waals surface area contributed by atoms with Crippen LogP contribution >= 0.6 is 27.3 Å². The number of nitrogens with zero attached hydrogens (tertiary/aromatic N) is 7. The first-order valence-corrected chi connectivity index (χ1v) is 12.9. The monoisotopic (exact) mass is 550 g/mol. The molecule has 1 N–H and O–H groups in total. The highest BCUT2D eigenvalue weighted by Crippen LogP contribution is 2.42. The summed E-state index contributed by atoms with van der Waals surface area (Å²) >= 11 is 4.97. The van der Waals surface area contributed by atoms with E-state index in [9.17, 15) is 10.1 Å². The highest BCUT2D eigenvalue weighted by molar-refractivity contribution is 9.10. The number of halogens is 1. The molecule has 0 saturated heterocycles. The number of aromatic nitrogens is 6. The molecule has 1 fully saturated rings. The fraction of sp³-hybridized carbons (Fsp3) is 0.375. The van der Waals surface area contributed by atoms with E-state index in [-0.39, 0.29) is 11.3 Å². The molecule has 1 amide bonds. The van der Waals surface area contributed by atoms with E-state index in [1.165, 1.54) is 11.3 Å². The Hall–Kier alpha value is -3.23. The van der Waals surface area contributed by atoms with Crippen molar-refractivity contribution in [2.75, 3.05) is 7.05 Å². The van der Waals surface area contributed by atoms with Gasteiger partial charge in [-0.1, -0.05) is 18.3 Å². The Balaban J connectivity index is 1.47. The Morgan fingerprint density at radius 1 is 1.40 bits per heavy atom. The molecule has 4 aromatic rings. The van der Waals surface area contributed by atoms with Crippen LogP contribution < -0.4 is 5.32 Å². The van der Waals surface area contributed by atoms with E-state index in [1.807, 2.05) is 26.0 Å². The summed E-state index contributed by atoms with van der Waals surface area (Å²) in [5.74, 6) is 1.16. The molecule has 1 aliphatic carbocycles. The lowest BCUT2D eigenvalue weighted by Crippen LogP contribution is -2.35. The minimum Gasteiger partial charge on any atom is -0.359 e. The summed E-state index contributed by atoms with van der Waals surface area (Å²) in [6.45, 7) is 3.92. The maximum atomic E-state index is 12.3. The number of rotatable bonds is 5. The smallest absolute Gasteiger partial charge is 0.225 e. The number of hydrogen-bond acceptors (Lipinski definition) is 8. The number of benzene rings is 1. The summed E-state index contributed by atoms with van der Waals surface area (Å²) < 4.78 is 2.36. The largest absolute Gasteiger partial charge is 0.359 e. The first kappa shape index (κ1) is 23.5. The zero-order valence-corrected chi connectivity index (χ0v) is 21.9. The van der Waals surface area contributed by atoms with E-state index in [4.69, 9.17) is 4.98 Å². The van der Waals surface area contributed by atoms with Crippen molar-refractivity contribution >= 4 is 44.2 Å². The highest BCUT2D eigenvalue weighted by atomic mass is 79.9. The van der Waals surface area contributed by atoms with Gasteiger partial charge in [0.15, 0.2) is 5.65 Å².